The summed E-state index contributed by atoms with van der Waals surface area (Å²) in [5.74, 6) is 1.03. The van der Waals surface area contributed by atoms with Crippen molar-refractivity contribution in [2.24, 2.45) is 5.92 Å². The van der Waals surface area contributed by atoms with Crippen molar-refractivity contribution in [1.29, 1.82) is 0 Å². The number of amides is 1. The predicted molar refractivity (Wildman–Crippen MR) is 114 cm³/mol. The van der Waals surface area contributed by atoms with Gasteiger partial charge >= 0.3 is 12.1 Å². The molecule has 0 bridgehead atoms. The number of carbonyl (C=O) groups excluding carboxylic acids is 2. The summed E-state index contributed by atoms with van der Waals surface area (Å²) in [5, 5.41) is 3.64. The number of nitrogens with one attached hydrogen (secondary N) is 1. The third-order valence-electron chi connectivity index (χ3n) is 5.63. The minimum atomic E-state index is -0.443. The number of benzene rings is 1. The smallest absolute Gasteiger partial charge is 0.410 e. The van der Waals surface area contributed by atoms with Crippen LogP contribution in [0.5, 0.6) is 5.75 Å². The lowest BCUT2D eigenvalue weighted by Gasteiger charge is -2.38. The highest BCUT2D eigenvalue weighted by atomic mass is 16.6. The molecule has 1 aliphatic heterocycles. The van der Waals surface area contributed by atoms with Crippen molar-refractivity contribution in [3.8, 4) is 5.75 Å². The standard InChI is InChI=1S/C23H34N2O5/c1-23(2,3)30-22(27)25-11-9-16(10-12-25)15-24-18-13-20(14-18)29-19-7-5-17(6-8-19)21(26)28-4/h5-8,16,18,20,24H,9-15H2,1-4H3. The lowest BCUT2D eigenvalue weighted by atomic mass is 9.88. The number of piperidine rings is 1. The van der Waals surface area contributed by atoms with Gasteiger partial charge in [-0.3, -0.25) is 0 Å². The Hall–Kier alpha value is -2.28. The molecule has 3 rings (SSSR count). The number of carbonyl (C=O) groups is 2. The maximum absolute atomic E-state index is 12.1. The average molecular weight is 419 g/mol. The van der Waals surface area contributed by atoms with Gasteiger partial charge in [-0.25, -0.2) is 9.59 Å². The third kappa shape index (κ3) is 6.36. The number of esters is 1. The van der Waals surface area contributed by atoms with Gasteiger partial charge in [0.05, 0.1) is 12.7 Å². The molecule has 1 saturated carbocycles. The quantitative estimate of drug-likeness (QED) is 0.711. The van der Waals surface area contributed by atoms with Crippen LogP contribution in [0, 0.1) is 5.92 Å². The van der Waals surface area contributed by atoms with Crippen LogP contribution in [0.1, 0.15) is 56.8 Å². The van der Waals surface area contributed by atoms with E-state index in [1.165, 1.54) is 7.11 Å². The van der Waals surface area contributed by atoms with Crippen LogP contribution in [0.4, 0.5) is 4.79 Å². The zero-order valence-corrected chi connectivity index (χ0v) is 18.5. The van der Waals surface area contributed by atoms with E-state index in [1.807, 2.05) is 37.8 Å². The Labute approximate surface area is 179 Å². The van der Waals surface area contributed by atoms with Crippen LogP contribution in [0.3, 0.4) is 0 Å². The molecule has 30 heavy (non-hydrogen) atoms. The first-order chi connectivity index (χ1) is 14.2. The van der Waals surface area contributed by atoms with Crippen molar-refractivity contribution in [3.63, 3.8) is 0 Å². The summed E-state index contributed by atoms with van der Waals surface area (Å²) in [6, 6.07) is 7.54. The first kappa shape index (κ1) is 22.4. The maximum Gasteiger partial charge on any atom is 0.410 e. The Morgan fingerprint density at radius 2 is 1.73 bits per heavy atom. The highest BCUT2D eigenvalue weighted by molar-refractivity contribution is 5.89. The average Bonchev–Trinajstić information content (AvgIpc) is 2.68. The molecular weight excluding hydrogens is 384 g/mol. The van der Waals surface area contributed by atoms with Crippen molar-refractivity contribution in [2.45, 2.75) is 64.2 Å². The van der Waals surface area contributed by atoms with Gasteiger partial charge in [0.15, 0.2) is 0 Å². The summed E-state index contributed by atoms with van der Waals surface area (Å²) in [5.41, 5.74) is 0.0811. The minimum absolute atomic E-state index is 0.201. The summed E-state index contributed by atoms with van der Waals surface area (Å²) < 4.78 is 16.1. The topological polar surface area (TPSA) is 77.1 Å². The van der Waals surface area contributed by atoms with Gasteiger partial charge in [0.25, 0.3) is 0 Å². The Kier molecular flexibility index (Phi) is 7.23. The molecule has 0 spiro atoms. The van der Waals surface area contributed by atoms with Gasteiger partial charge in [0.1, 0.15) is 17.5 Å². The van der Waals surface area contributed by atoms with Crippen molar-refractivity contribution < 1.29 is 23.8 Å². The normalized spacial score (nSPS) is 22.2. The molecule has 1 amide bonds. The van der Waals surface area contributed by atoms with Gasteiger partial charge < -0.3 is 24.4 Å². The van der Waals surface area contributed by atoms with Crippen molar-refractivity contribution in [2.75, 3.05) is 26.7 Å². The SMILES string of the molecule is COC(=O)c1ccc(OC2CC(NCC3CCN(C(=O)OC(C)(C)C)CC3)C2)cc1. The Morgan fingerprint density at radius 1 is 1.10 bits per heavy atom. The van der Waals surface area contributed by atoms with Crippen LogP contribution in [0.25, 0.3) is 0 Å². The minimum Gasteiger partial charge on any atom is -0.490 e. The zero-order chi connectivity index (χ0) is 21.7. The van der Waals surface area contributed by atoms with E-state index in [9.17, 15) is 9.59 Å². The Balaban J connectivity index is 1.30. The molecule has 7 heteroatoms. The summed E-state index contributed by atoms with van der Waals surface area (Å²) in [6.07, 6.45) is 3.98. The second-order valence-electron chi connectivity index (χ2n) is 9.24. The first-order valence-corrected chi connectivity index (χ1v) is 10.8. The van der Waals surface area contributed by atoms with Crippen molar-refractivity contribution >= 4 is 12.1 Å². The molecule has 1 heterocycles. The molecule has 0 aromatic heterocycles. The summed E-state index contributed by atoms with van der Waals surface area (Å²) in [6.45, 7) is 8.20. The fraction of sp³-hybridized carbons (Fsp3) is 0.652. The van der Waals surface area contributed by atoms with Crippen LogP contribution in [-0.2, 0) is 9.47 Å². The number of nitrogens with zero attached hydrogens (tertiary/aromatic N) is 1. The van der Waals surface area contributed by atoms with Gasteiger partial charge in [-0.15, -0.1) is 0 Å². The predicted octanol–water partition coefficient (Wildman–Crippen LogP) is 3.62. The number of rotatable bonds is 6. The molecule has 1 N–H and O–H groups in total. The molecule has 1 saturated heterocycles. The fourth-order valence-electron chi connectivity index (χ4n) is 3.79. The lowest BCUT2D eigenvalue weighted by Crippen LogP contribution is -2.49. The van der Waals surface area contributed by atoms with E-state index in [1.54, 1.807) is 12.1 Å². The van der Waals surface area contributed by atoms with E-state index in [4.69, 9.17) is 14.2 Å². The zero-order valence-electron chi connectivity index (χ0n) is 18.5. The molecule has 2 aliphatic rings. The van der Waals surface area contributed by atoms with E-state index in [2.05, 4.69) is 5.32 Å². The second-order valence-corrected chi connectivity index (χ2v) is 9.24. The summed E-state index contributed by atoms with van der Waals surface area (Å²) in [4.78, 5) is 25.4. The molecule has 0 atom stereocenters. The number of hydrogen-bond acceptors (Lipinski definition) is 6. The first-order valence-electron chi connectivity index (χ1n) is 10.8. The highest BCUT2D eigenvalue weighted by Gasteiger charge is 2.32. The van der Waals surface area contributed by atoms with E-state index in [0.717, 1.165) is 51.1 Å². The van der Waals surface area contributed by atoms with E-state index >= 15 is 0 Å². The van der Waals surface area contributed by atoms with E-state index < -0.39 is 5.60 Å². The number of methoxy groups -OCH3 is 1. The molecule has 0 radical (unpaired) electrons. The van der Waals surface area contributed by atoms with Crippen LogP contribution in [0.2, 0.25) is 0 Å². The molecule has 1 aliphatic carbocycles. The van der Waals surface area contributed by atoms with Gasteiger partial charge in [0.2, 0.25) is 0 Å². The van der Waals surface area contributed by atoms with E-state index in [0.29, 0.717) is 17.5 Å². The molecule has 2 fully saturated rings. The third-order valence-corrected chi connectivity index (χ3v) is 5.63. The molecule has 1 aromatic carbocycles. The fourth-order valence-corrected chi connectivity index (χ4v) is 3.79. The Bertz CT molecular complexity index is 714. The Morgan fingerprint density at radius 3 is 2.30 bits per heavy atom. The molecular formula is C23H34N2O5. The molecule has 7 nitrogen and oxygen atoms in total. The number of likely N-dealkylation sites (tertiary alicyclic amines) is 1. The van der Waals surface area contributed by atoms with Crippen molar-refractivity contribution in [1.82, 2.24) is 10.2 Å². The number of ether oxygens (including phenoxy) is 3. The second kappa shape index (κ2) is 9.69. The van der Waals surface area contributed by atoms with Crippen LogP contribution >= 0.6 is 0 Å². The van der Waals surface area contributed by atoms with Crippen LogP contribution in [0.15, 0.2) is 24.3 Å². The van der Waals surface area contributed by atoms with Crippen LogP contribution in [-0.4, -0.2) is 61.5 Å². The highest BCUT2D eigenvalue weighted by Crippen LogP contribution is 2.27. The monoisotopic (exact) mass is 418 g/mol. The van der Waals surface area contributed by atoms with Gasteiger partial charge in [-0.05, 0) is 83.2 Å². The summed E-state index contributed by atoms with van der Waals surface area (Å²) >= 11 is 0. The van der Waals surface area contributed by atoms with Gasteiger partial charge in [-0.1, -0.05) is 0 Å². The number of hydrogen-bond donors (Lipinski definition) is 1. The maximum atomic E-state index is 12.1. The molecule has 0 unspecified atom stereocenters. The summed E-state index contributed by atoms with van der Waals surface area (Å²) in [7, 11) is 1.37. The molecule has 166 valence electrons. The van der Waals surface area contributed by atoms with Crippen LogP contribution < -0.4 is 10.1 Å². The van der Waals surface area contributed by atoms with E-state index in [-0.39, 0.29) is 18.2 Å². The largest absolute Gasteiger partial charge is 0.490 e. The van der Waals surface area contributed by atoms with Gasteiger partial charge in [0, 0.05) is 19.1 Å². The van der Waals surface area contributed by atoms with Crippen molar-refractivity contribution in [3.05, 3.63) is 29.8 Å². The molecule has 1 aromatic rings. The lowest BCUT2D eigenvalue weighted by molar-refractivity contribution is 0.0177. The van der Waals surface area contributed by atoms with Gasteiger partial charge in [-0.2, -0.15) is 0 Å².